The van der Waals surface area contributed by atoms with Gasteiger partial charge in [0.15, 0.2) is 6.04 Å². The van der Waals surface area contributed by atoms with E-state index in [0.29, 0.717) is 0 Å². The first-order valence-corrected chi connectivity index (χ1v) is 7.92. The van der Waals surface area contributed by atoms with E-state index in [1.807, 2.05) is 35.6 Å². The van der Waals surface area contributed by atoms with E-state index < -0.39 is 24.6 Å². The maximum Gasteiger partial charge on any atom is 0.387 e. The third kappa shape index (κ3) is 5.52. The summed E-state index contributed by atoms with van der Waals surface area (Å²) >= 11 is 0. The number of imide groups is 1. The van der Waals surface area contributed by atoms with E-state index in [1.165, 1.54) is 12.1 Å². The second-order valence-corrected chi connectivity index (χ2v) is 5.67. The maximum atomic E-state index is 12.3. The molecule has 0 aliphatic carbocycles. The lowest BCUT2D eigenvalue weighted by atomic mass is 9.97. The number of nitrogens with one attached hydrogen (secondary N) is 1. The van der Waals surface area contributed by atoms with E-state index >= 15 is 0 Å². The number of carbonyl (C=O) groups is 2. The van der Waals surface area contributed by atoms with Crippen LogP contribution in [0.4, 0.5) is 13.6 Å². The highest BCUT2D eigenvalue weighted by molar-refractivity contribution is 5.95. The van der Waals surface area contributed by atoms with Crippen LogP contribution in [-0.4, -0.2) is 24.6 Å². The number of benzene rings is 2. The molecule has 2 aromatic carbocycles. The van der Waals surface area contributed by atoms with Gasteiger partial charge < -0.3 is 15.8 Å². The fourth-order valence-electron chi connectivity index (χ4n) is 2.54. The molecule has 26 heavy (non-hydrogen) atoms. The molecule has 3 amide bonds. The van der Waals surface area contributed by atoms with Crippen LogP contribution in [0.3, 0.4) is 0 Å². The second kappa shape index (κ2) is 8.91. The first-order valence-electron chi connectivity index (χ1n) is 7.92. The molecule has 0 fully saturated rings. The van der Waals surface area contributed by atoms with Crippen molar-refractivity contribution in [3.05, 3.63) is 65.7 Å². The van der Waals surface area contributed by atoms with Crippen molar-refractivity contribution in [2.45, 2.75) is 25.6 Å². The molecule has 0 spiro atoms. The highest BCUT2D eigenvalue weighted by Crippen LogP contribution is 2.22. The van der Waals surface area contributed by atoms with Crippen molar-refractivity contribution in [2.75, 3.05) is 0 Å². The lowest BCUT2D eigenvalue weighted by molar-refractivity contribution is -0.704. The number of ether oxygens (including phenoxy) is 1. The van der Waals surface area contributed by atoms with Gasteiger partial charge in [-0.15, -0.1) is 0 Å². The molecule has 0 aromatic heterocycles. The highest BCUT2D eigenvalue weighted by atomic mass is 19.3. The summed E-state index contributed by atoms with van der Waals surface area (Å²) in [4.78, 5) is 22.8. The van der Waals surface area contributed by atoms with E-state index in [1.54, 1.807) is 24.4 Å². The summed E-state index contributed by atoms with van der Waals surface area (Å²) in [6.07, 6.45) is 0. The standard InChI is InChI=1S/C18H19F2N3O3/c1-11(16(24)23-18(21)25)22-15(12-5-3-2-4-6-12)13-7-9-14(10-8-13)26-17(19)20/h2-11,15,17,22H,1H3,(H3,21,23,24,25)/p+1/t11-,15+/m0/s1. The summed E-state index contributed by atoms with van der Waals surface area (Å²) < 4.78 is 29.0. The third-order valence-corrected chi connectivity index (χ3v) is 3.76. The number of rotatable bonds is 7. The number of hydrogen-bond donors (Lipinski definition) is 3. The first-order chi connectivity index (χ1) is 12.4. The Kier molecular flexibility index (Phi) is 6.62. The number of urea groups is 1. The van der Waals surface area contributed by atoms with Crippen molar-refractivity contribution in [1.29, 1.82) is 0 Å². The number of quaternary nitrogens is 1. The average molecular weight is 364 g/mol. The summed E-state index contributed by atoms with van der Waals surface area (Å²) in [7, 11) is 0. The van der Waals surface area contributed by atoms with Gasteiger partial charge in [-0.1, -0.05) is 30.3 Å². The molecular formula is C18H20F2N3O3+. The molecular weight excluding hydrogens is 344 g/mol. The summed E-state index contributed by atoms with van der Waals surface area (Å²) in [6, 6.07) is 13.8. The van der Waals surface area contributed by atoms with Crippen LogP contribution >= 0.6 is 0 Å². The molecule has 0 saturated heterocycles. The molecule has 0 bridgehead atoms. The fraction of sp³-hybridized carbons (Fsp3) is 0.222. The van der Waals surface area contributed by atoms with Crippen LogP contribution in [0.2, 0.25) is 0 Å². The van der Waals surface area contributed by atoms with Crippen molar-refractivity contribution < 1.29 is 28.4 Å². The van der Waals surface area contributed by atoms with Crippen molar-refractivity contribution in [1.82, 2.24) is 5.32 Å². The summed E-state index contributed by atoms with van der Waals surface area (Å²) in [6.45, 7) is -1.25. The van der Waals surface area contributed by atoms with Crippen LogP contribution in [0, 0.1) is 0 Å². The van der Waals surface area contributed by atoms with E-state index in [2.05, 4.69) is 4.74 Å². The Bertz CT molecular complexity index is 739. The summed E-state index contributed by atoms with van der Waals surface area (Å²) in [5.74, 6) is -0.467. The maximum absolute atomic E-state index is 12.3. The zero-order valence-electron chi connectivity index (χ0n) is 14.1. The Labute approximate surface area is 149 Å². The van der Waals surface area contributed by atoms with Crippen molar-refractivity contribution in [3.8, 4) is 5.75 Å². The number of amides is 3. The van der Waals surface area contributed by atoms with Crippen LogP contribution < -0.4 is 21.1 Å². The monoisotopic (exact) mass is 364 g/mol. The molecule has 2 rings (SSSR count). The molecule has 5 N–H and O–H groups in total. The predicted molar refractivity (Wildman–Crippen MR) is 90.5 cm³/mol. The minimum atomic E-state index is -2.89. The zero-order valence-corrected chi connectivity index (χ0v) is 14.1. The molecule has 0 aliphatic rings. The van der Waals surface area contributed by atoms with Gasteiger partial charge in [-0.2, -0.15) is 8.78 Å². The van der Waals surface area contributed by atoms with Crippen molar-refractivity contribution in [3.63, 3.8) is 0 Å². The van der Waals surface area contributed by atoms with Gasteiger partial charge in [0.25, 0.3) is 5.91 Å². The van der Waals surface area contributed by atoms with Gasteiger partial charge in [-0.05, 0) is 31.2 Å². The lowest BCUT2D eigenvalue weighted by Gasteiger charge is -2.20. The Morgan fingerprint density at radius 1 is 1.04 bits per heavy atom. The number of nitrogens with two attached hydrogens (primary N) is 2. The average Bonchev–Trinajstić information content (AvgIpc) is 2.60. The topological polar surface area (TPSA) is 98.0 Å². The van der Waals surface area contributed by atoms with Crippen LogP contribution in [0.5, 0.6) is 5.75 Å². The predicted octanol–water partition coefficient (Wildman–Crippen LogP) is 1.52. The third-order valence-electron chi connectivity index (χ3n) is 3.76. The SMILES string of the molecule is C[C@H]([NH2+][C@H](c1ccccc1)c1ccc(OC(F)F)cc1)C(=O)NC(N)=O. The van der Waals surface area contributed by atoms with Gasteiger partial charge in [0.1, 0.15) is 11.8 Å². The molecule has 0 aliphatic heterocycles. The molecule has 6 nitrogen and oxygen atoms in total. The molecule has 138 valence electrons. The minimum absolute atomic E-state index is 0.0510. The number of alkyl halides is 2. The van der Waals surface area contributed by atoms with Gasteiger partial charge in [0.2, 0.25) is 0 Å². The van der Waals surface area contributed by atoms with E-state index in [9.17, 15) is 18.4 Å². The minimum Gasteiger partial charge on any atom is -0.435 e. The van der Waals surface area contributed by atoms with Crippen molar-refractivity contribution in [2.24, 2.45) is 5.73 Å². The van der Waals surface area contributed by atoms with E-state index in [0.717, 1.165) is 11.1 Å². The Morgan fingerprint density at radius 3 is 2.15 bits per heavy atom. The first kappa shape index (κ1) is 19.3. The van der Waals surface area contributed by atoms with Crippen LogP contribution in [0.1, 0.15) is 24.1 Å². The molecule has 0 radical (unpaired) electrons. The lowest BCUT2D eigenvalue weighted by Crippen LogP contribution is -2.93. The number of hydrogen-bond acceptors (Lipinski definition) is 3. The second-order valence-electron chi connectivity index (χ2n) is 5.67. The summed E-state index contributed by atoms with van der Waals surface area (Å²) in [5, 5.41) is 3.81. The Hall–Kier alpha value is -3.00. The van der Waals surface area contributed by atoms with Gasteiger partial charge >= 0.3 is 12.6 Å². The molecule has 0 heterocycles. The van der Waals surface area contributed by atoms with E-state index in [4.69, 9.17) is 5.73 Å². The highest BCUT2D eigenvalue weighted by Gasteiger charge is 2.25. The number of halogens is 2. The van der Waals surface area contributed by atoms with Gasteiger partial charge in [0, 0.05) is 11.1 Å². The fourth-order valence-corrected chi connectivity index (χ4v) is 2.54. The quantitative estimate of drug-likeness (QED) is 0.695. The largest absolute Gasteiger partial charge is 0.435 e. The van der Waals surface area contributed by atoms with Gasteiger partial charge in [0.05, 0.1) is 0 Å². The molecule has 8 heteroatoms. The number of primary amides is 1. The zero-order chi connectivity index (χ0) is 19.1. The summed E-state index contributed by atoms with van der Waals surface area (Å²) in [5.41, 5.74) is 6.68. The Balaban J connectivity index is 2.24. The molecule has 0 saturated carbocycles. The van der Waals surface area contributed by atoms with Gasteiger partial charge in [-0.3, -0.25) is 10.1 Å². The van der Waals surface area contributed by atoms with Crippen LogP contribution in [-0.2, 0) is 4.79 Å². The van der Waals surface area contributed by atoms with Crippen LogP contribution in [0.25, 0.3) is 0 Å². The van der Waals surface area contributed by atoms with Crippen LogP contribution in [0.15, 0.2) is 54.6 Å². The smallest absolute Gasteiger partial charge is 0.387 e. The molecule has 2 aromatic rings. The Morgan fingerprint density at radius 2 is 1.62 bits per heavy atom. The molecule has 0 unspecified atom stereocenters. The molecule has 2 atom stereocenters. The number of carbonyl (C=O) groups excluding carboxylic acids is 2. The van der Waals surface area contributed by atoms with Gasteiger partial charge in [-0.25, -0.2) is 4.79 Å². The normalized spacial score (nSPS) is 13.1. The van der Waals surface area contributed by atoms with E-state index in [-0.39, 0.29) is 11.8 Å². The van der Waals surface area contributed by atoms with Crippen molar-refractivity contribution >= 4 is 11.9 Å².